The minimum Gasteiger partial charge on any atom is -0.491 e. The van der Waals surface area contributed by atoms with Gasteiger partial charge in [-0.15, -0.1) is 0 Å². The van der Waals surface area contributed by atoms with Gasteiger partial charge in [-0.2, -0.15) is 0 Å². The molecule has 0 unspecified atom stereocenters. The summed E-state index contributed by atoms with van der Waals surface area (Å²) >= 11 is 6.11. The lowest BCUT2D eigenvalue weighted by molar-refractivity contribution is 0.0946. The van der Waals surface area contributed by atoms with Crippen LogP contribution in [0.3, 0.4) is 0 Å². The van der Waals surface area contributed by atoms with Gasteiger partial charge < -0.3 is 15.4 Å². The summed E-state index contributed by atoms with van der Waals surface area (Å²) in [6, 6.07) is 16.5. The van der Waals surface area contributed by atoms with Crippen LogP contribution in [0.5, 0.6) is 5.75 Å². The largest absolute Gasteiger partial charge is 0.491 e. The first kappa shape index (κ1) is 19.6. The zero-order valence-electron chi connectivity index (χ0n) is 15.6. The fraction of sp³-hybridized carbons (Fsp3) is 0.190. The predicted molar refractivity (Wildman–Crippen MR) is 110 cm³/mol. The van der Waals surface area contributed by atoms with Gasteiger partial charge in [-0.1, -0.05) is 29.8 Å². The molecule has 0 aliphatic carbocycles. The van der Waals surface area contributed by atoms with E-state index in [1.807, 2.05) is 56.3 Å². The molecule has 7 heteroatoms. The van der Waals surface area contributed by atoms with E-state index in [2.05, 4.69) is 20.6 Å². The summed E-state index contributed by atoms with van der Waals surface area (Å²) in [5, 5.41) is 6.58. The Morgan fingerprint density at radius 3 is 2.57 bits per heavy atom. The van der Waals surface area contributed by atoms with Crippen molar-refractivity contribution < 1.29 is 9.53 Å². The molecule has 0 aliphatic rings. The SMILES string of the molecule is CC(C)Oc1ccc(Nc2cc(C(=O)NCc3ccccc3Cl)ncn2)cc1. The van der Waals surface area contributed by atoms with Gasteiger partial charge in [0, 0.05) is 23.3 Å². The second-order valence-electron chi connectivity index (χ2n) is 6.38. The zero-order chi connectivity index (χ0) is 19.9. The maximum absolute atomic E-state index is 12.4. The highest BCUT2D eigenvalue weighted by Crippen LogP contribution is 2.20. The lowest BCUT2D eigenvalue weighted by atomic mass is 10.2. The molecular formula is C21H21ClN4O2. The number of hydrogen-bond acceptors (Lipinski definition) is 5. The lowest BCUT2D eigenvalue weighted by Crippen LogP contribution is -2.24. The molecule has 2 N–H and O–H groups in total. The van der Waals surface area contributed by atoms with E-state index in [1.54, 1.807) is 12.1 Å². The van der Waals surface area contributed by atoms with Crippen LogP contribution in [0.4, 0.5) is 11.5 Å². The Morgan fingerprint density at radius 1 is 1.11 bits per heavy atom. The first-order valence-electron chi connectivity index (χ1n) is 8.88. The van der Waals surface area contributed by atoms with Crippen molar-refractivity contribution in [3.63, 3.8) is 0 Å². The van der Waals surface area contributed by atoms with E-state index in [1.165, 1.54) is 6.33 Å². The molecule has 0 spiro atoms. The molecule has 0 aliphatic heterocycles. The molecule has 0 fully saturated rings. The molecule has 0 atom stereocenters. The van der Waals surface area contributed by atoms with E-state index in [4.69, 9.17) is 16.3 Å². The minimum absolute atomic E-state index is 0.118. The van der Waals surface area contributed by atoms with Crippen molar-refractivity contribution in [3.8, 4) is 5.75 Å². The van der Waals surface area contributed by atoms with Crippen molar-refractivity contribution in [3.05, 3.63) is 77.2 Å². The molecule has 28 heavy (non-hydrogen) atoms. The number of carbonyl (C=O) groups is 1. The number of aromatic nitrogens is 2. The first-order chi connectivity index (χ1) is 13.5. The van der Waals surface area contributed by atoms with Crippen LogP contribution in [0.15, 0.2) is 60.9 Å². The minimum atomic E-state index is -0.300. The molecule has 2 aromatic carbocycles. The molecule has 3 rings (SSSR count). The maximum atomic E-state index is 12.4. The molecule has 1 aromatic heterocycles. The number of hydrogen-bond donors (Lipinski definition) is 2. The van der Waals surface area contributed by atoms with Crippen LogP contribution in [0.25, 0.3) is 0 Å². The van der Waals surface area contributed by atoms with Gasteiger partial charge in [-0.05, 0) is 49.7 Å². The standard InChI is InChI=1S/C21H21ClN4O2/c1-14(2)28-17-9-7-16(8-10-17)26-20-11-19(24-13-25-20)21(27)23-12-15-5-3-4-6-18(15)22/h3-11,13-14H,12H2,1-2H3,(H,23,27)(H,24,25,26). The highest BCUT2D eigenvalue weighted by molar-refractivity contribution is 6.31. The van der Waals surface area contributed by atoms with Gasteiger partial charge in [-0.25, -0.2) is 9.97 Å². The molecule has 1 heterocycles. The van der Waals surface area contributed by atoms with Crippen molar-refractivity contribution in [1.29, 1.82) is 0 Å². The average molecular weight is 397 g/mol. The average Bonchev–Trinajstić information content (AvgIpc) is 2.68. The summed E-state index contributed by atoms with van der Waals surface area (Å²) in [5.41, 5.74) is 1.94. The quantitative estimate of drug-likeness (QED) is 0.610. The number of rotatable bonds is 7. The van der Waals surface area contributed by atoms with Crippen molar-refractivity contribution in [2.75, 3.05) is 5.32 Å². The number of benzene rings is 2. The second kappa shape index (κ2) is 9.19. The van der Waals surface area contributed by atoms with Gasteiger partial charge >= 0.3 is 0 Å². The van der Waals surface area contributed by atoms with E-state index >= 15 is 0 Å². The van der Waals surface area contributed by atoms with Crippen LogP contribution in [0.2, 0.25) is 5.02 Å². The fourth-order valence-corrected chi connectivity index (χ4v) is 2.70. The molecule has 3 aromatic rings. The van der Waals surface area contributed by atoms with Gasteiger partial charge in [0.15, 0.2) is 0 Å². The highest BCUT2D eigenvalue weighted by atomic mass is 35.5. The Labute approximate surface area is 168 Å². The van der Waals surface area contributed by atoms with Crippen molar-refractivity contribution in [1.82, 2.24) is 15.3 Å². The highest BCUT2D eigenvalue weighted by Gasteiger charge is 2.10. The summed E-state index contributed by atoms with van der Waals surface area (Å²) in [6.07, 6.45) is 1.47. The van der Waals surface area contributed by atoms with E-state index in [9.17, 15) is 4.79 Å². The predicted octanol–water partition coefficient (Wildman–Crippen LogP) is 4.59. The molecule has 0 saturated carbocycles. The van der Waals surface area contributed by atoms with Crippen LogP contribution in [-0.4, -0.2) is 22.0 Å². The van der Waals surface area contributed by atoms with E-state index in [-0.39, 0.29) is 17.7 Å². The number of nitrogens with one attached hydrogen (secondary N) is 2. The number of carbonyl (C=O) groups excluding carboxylic acids is 1. The summed E-state index contributed by atoms with van der Waals surface area (Å²) in [5.74, 6) is 1.02. The van der Waals surface area contributed by atoms with Crippen LogP contribution in [0, 0.1) is 0 Å². The molecule has 144 valence electrons. The third kappa shape index (κ3) is 5.44. The number of nitrogens with zero attached hydrogens (tertiary/aromatic N) is 2. The van der Waals surface area contributed by atoms with Crippen molar-refractivity contribution >= 4 is 29.0 Å². The summed E-state index contributed by atoms with van der Waals surface area (Å²) in [4.78, 5) is 20.6. The molecule has 0 radical (unpaired) electrons. The van der Waals surface area contributed by atoms with Crippen LogP contribution in [0.1, 0.15) is 29.9 Å². The monoisotopic (exact) mass is 396 g/mol. The molecule has 0 saturated heterocycles. The van der Waals surface area contributed by atoms with Gasteiger partial charge in [0.1, 0.15) is 23.6 Å². The fourth-order valence-electron chi connectivity index (χ4n) is 2.49. The van der Waals surface area contributed by atoms with Crippen molar-refractivity contribution in [2.45, 2.75) is 26.5 Å². The molecule has 6 nitrogen and oxygen atoms in total. The lowest BCUT2D eigenvalue weighted by Gasteiger charge is -2.11. The van der Waals surface area contributed by atoms with E-state index in [0.717, 1.165) is 17.0 Å². The van der Waals surface area contributed by atoms with Gasteiger partial charge in [0.25, 0.3) is 5.91 Å². The van der Waals surface area contributed by atoms with Gasteiger partial charge in [0.05, 0.1) is 6.10 Å². The number of halogens is 1. The Kier molecular flexibility index (Phi) is 6.45. The normalized spacial score (nSPS) is 10.6. The number of anilines is 2. The smallest absolute Gasteiger partial charge is 0.270 e. The van der Waals surface area contributed by atoms with E-state index < -0.39 is 0 Å². The van der Waals surface area contributed by atoms with Crippen LogP contribution >= 0.6 is 11.6 Å². The topological polar surface area (TPSA) is 76.1 Å². The van der Waals surface area contributed by atoms with Gasteiger partial charge in [0.2, 0.25) is 0 Å². The van der Waals surface area contributed by atoms with Crippen LogP contribution < -0.4 is 15.4 Å². The Balaban J connectivity index is 1.63. The molecule has 0 bridgehead atoms. The third-order valence-corrected chi connectivity index (χ3v) is 4.16. The Morgan fingerprint density at radius 2 is 1.86 bits per heavy atom. The summed E-state index contributed by atoms with van der Waals surface area (Å²) < 4.78 is 5.63. The van der Waals surface area contributed by atoms with E-state index in [0.29, 0.717) is 17.4 Å². The Hall–Kier alpha value is -3.12. The van der Waals surface area contributed by atoms with Crippen molar-refractivity contribution in [2.24, 2.45) is 0 Å². The maximum Gasteiger partial charge on any atom is 0.270 e. The zero-order valence-corrected chi connectivity index (χ0v) is 16.4. The first-order valence-corrected chi connectivity index (χ1v) is 9.26. The van der Waals surface area contributed by atoms with Gasteiger partial charge in [-0.3, -0.25) is 4.79 Å². The Bertz CT molecular complexity index is 945. The second-order valence-corrected chi connectivity index (χ2v) is 6.79. The number of ether oxygens (including phenoxy) is 1. The molecule has 1 amide bonds. The molecular weight excluding hydrogens is 376 g/mol. The van der Waals surface area contributed by atoms with Crippen LogP contribution in [-0.2, 0) is 6.54 Å². The summed E-state index contributed by atoms with van der Waals surface area (Å²) in [6.45, 7) is 4.28. The summed E-state index contributed by atoms with van der Waals surface area (Å²) in [7, 11) is 0. The number of amides is 1. The third-order valence-electron chi connectivity index (χ3n) is 3.80.